The summed E-state index contributed by atoms with van der Waals surface area (Å²) in [7, 11) is 0. The van der Waals surface area contributed by atoms with Crippen molar-refractivity contribution >= 4 is 23.4 Å². The molecule has 3 aromatic rings. The van der Waals surface area contributed by atoms with Gasteiger partial charge >= 0.3 is 0 Å². The Labute approximate surface area is 143 Å². The molecule has 0 saturated carbocycles. The molecular formula is C15H17ClN6S. The summed E-state index contributed by atoms with van der Waals surface area (Å²) in [5.41, 5.74) is 1.76. The molecule has 0 aliphatic carbocycles. The standard InChI is InChI=1S/C15H17ClN6S/c1-15(2,3)21-10-17-19-14(21)23-9-12-8-22(20-18-12)13-6-4-11(16)5-7-13/h4-8,10H,9H2,1-3H3. The van der Waals surface area contributed by atoms with Crippen LogP contribution in [0, 0.1) is 0 Å². The van der Waals surface area contributed by atoms with Gasteiger partial charge in [-0.3, -0.25) is 0 Å². The molecule has 2 heterocycles. The number of benzene rings is 1. The van der Waals surface area contributed by atoms with Crippen molar-refractivity contribution in [1.29, 1.82) is 0 Å². The minimum Gasteiger partial charge on any atom is -0.303 e. The van der Waals surface area contributed by atoms with E-state index in [1.165, 1.54) is 0 Å². The number of thioether (sulfide) groups is 1. The van der Waals surface area contributed by atoms with Crippen molar-refractivity contribution in [3.8, 4) is 5.69 Å². The van der Waals surface area contributed by atoms with Gasteiger partial charge in [0.05, 0.1) is 17.6 Å². The van der Waals surface area contributed by atoms with Crippen molar-refractivity contribution in [3.05, 3.63) is 47.5 Å². The molecule has 8 heteroatoms. The fourth-order valence-corrected chi connectivity index (χ4v) is 3.11. The van der Waals surface area contributed by atoms with Crippen LogP contribution < -0.4 is 0 Å². The van der Waals surface area contributed by atoms with Gasteiger partial charge in [0, 0.05) is 16.3 Å². The van der Waals surface area contributed by atoms with Crippen molar-refractivity contribution < 1.29 is 0 Å². The number of rotatable bonds is 4. The topological polar surface area (TPSA) is 61.4 Å². The van der Waals surface area contributed by atoms with Gasteiger partial charge in [0.2, 0.25) is 0 Å². The Morgan fingerprint density at radius 1 is 1.13 bits per heavy atom. The summed E-state index contributed by atoms with van der Waals surface area (Å²) in [6, 6.07) is 7.48. The summed E-state index contributed by atoms with van der Waals surface area (Å²) in [5.74, 6) is 0.683. The van der Waals surface area contributed by atoms with E-state index < -0.39 is 0 Å². The Kier molecular flexibility index (Phi) is 4.41. The van der Waals surface area contributed by atoms with Gasteiger partial charge < -0.3 is 4.57 Å². The Bertz CT molecular complexity index is 787. The molecule has 0 amide bonds. The lowest BCUT2D eigenvalue weighted by Gasteiger charge is -2.21. The first-order valence-corrected chi connectivity index (χ1v) is 8.50. The lowest BCUT2D eigenvalue weighted by Crippen LogP contribution is -2.21. The second kappa shape index (κ2) is 6.33. The van der Waals surface area contributed by atoms with Crippen LogP contribution in [-0.2, 0) is 11.3 Å². The van der Waals surface area contributed by atoms with Crippen LogP contribution in [0.25, 0.3) is 5.69 Å². The fraction of sp³-hybridized carbons (Fsp3) is 0.333. The average Bonchev–Trinajstić information content (AvgIpc) is 3.14. The van der Waals surface area contributed by atoms with Crippen LogP contribution in [0.4, 0.5) is 0 Å². The number of hydrogen-bond acceptors (Lipinski definition) is 5. The zero-order valence-electron chi connectivity index (χ0n) is 13.1. The molecule has 0 atom stereocenters. The molecule has 0 N–H and O–H groups in total. The highest BCUT2D eigenvalue weighted by atomic mass is 35.5. The second-order valence-electron chi connectivity index (χ2n) is 6.07. The van der Waals surface area contributed by atoms with Crippen LogP contribution in [0.2, 0.25) is 5.02 Å². The van der Waals surface area contributed by atoms with E-state index in [4.69, 9.17) is 11.6 Å². The van der Waals surface area contributed by atoms with E-state index in [1.807, 2.05) is 30.5 Å². The van der Waals surface area contributed by atoms with Crippen molar-refractivity contribution in [2.45, 2.75) is 37.2 Å². The zero-order chi connectivity index (χ0) is 16.4. The van der Waals surface area contributed by atoms with Gasteiger partial charge in [-0.05, 0) is 45.0 Å². The third-order valence-corrected chi connectivity index (χ3v) is 4.45. The Balaban J connectivity index is 1.71. The quantitative estimate of drug-likeness (QED) is 0.674. The minimum atomic E-state index is -0.0489. The average molecular weight is 349 g/mol. The van der Waals surface area contributed by atoms with Gasteiger partial charge in [0.15, 0.2) is 5.16 Å². The van der Waals surface area contributed by atoms with Crippen LogP contribution >= 0.6 is 23.4 Å². The fourth-order valence-electron chi connectivity index (χ4n) is 2.01. The third kappa shape index (κ3) is 3.73. The molecule has 3 rings (SSSR count). The van der Waals surface area contributed by atoms with Crippen molar-refractivity contribution in [3.63, 3.8) is 0 Å². The molecule has 0 fully saturated rings. The Morgan fingerprint density at radius 2 is 1.87 bits per heavy atom. The Morgan fingerprint density at radius 3 is 2.57 bits per heavy atom. The zero-order valence-corrected chi connectivity index (χ0v) is 14.7. The monoisotopic (exact) mass is 348 g/mol. The molecule has 0 unspecified atom stereocenters. The number of halogens is 1. The van der Waals surface area contributed by atoms with E-state index in [0.717, 1.165) is 16.5 Å². The first-order valence-electron chi connectivity index (χ1n) is 7.14. The summed E-state index contributed by atoms with van der Waals surface area (Å²) in [6.07, 6.45) is 3.67. The first kappa shape index (κ1) is 16.0. The molecule has 0 bridgehead atoms. The molecular weight excluding hydrogens is 332 g/mol. The highest BCUT2D eigenvalue weighted by Crippen LogP contribution is 2.25. The van der Waals surface area contributed by atoms with Gasteiger partial charge in [-0.15, -0.1) is 15.3 Å². The van der Waals surface area contributed by atoms with Crippen LogP contribution in [0.1, 0.15) is 26.5 Å². The molecule has 1 aromatic carbocycles. The lowest BCUT2D eigenvalue weighted by atomic mass is 10.1. The minimum absolute atomic E-state index is 0.0489. The maximum Gasteiger partial charge on any atom is 0.191 e. The van der Waals surface area contributed by atoms with Gasteiger partial charge in [0.25, 0.3) is 0 Å². The lowest BCUT2D eigenvalue weighted by molar-refractivity contribution is 0.367. The van der Waals surface area contributed by atoms with Gasteiger partial charge in [0.1, 0.15) is 6.33 Å². The van der Waals surface area contributed by atoms with Crippen molar-refractivity contribution in [2.24, 2.45) is 0 Å². The maximum atomic E-state index is 5.90. The molecule has 120 valence electrons. The maximum absolute atomic E-state index is 5.90. The van der Waals surface area contributed by atoms with E-state index in [2.05, 4.69) is 45.8 Å². The van der Waals surface area contributed by atoms with E-state index in [-0.39, 0.29) is 5.54 Å². The molecule has 0 spiro atoms. The van der Waals surface area contributed by atoms with Crippen LogP contribution in [0.5, 0.6) is 0 Å². The van der Waals surface area contributed by atoms with Crippen LogP contribution in [0.3, 0.4) is 0 Å². The summed E-state index contributed by atoms with van der Waals surface area (Å²) >= 11 is 7.50. The second-order valence-corrected chi connectivity index (χ2v) is 7.45. The first-order chi connectivity index (χ1) is 10.9. The van der Waals surface area contributed by atoms with E-state index in [0.29, 0.717) is 10.8 Å². The van der Waals surface area contributed by atoms with Gasteiger partial charge in [-0.2, -0.15) is 0 Å². The number of nitrogens with zero attached hydrogens (tertiary/aromatic N) is 6. The molecule has 0 saturated heterocycles. The number of hydrogen-bond donors (Lipinski definition) is 0. The molecule has 23 heavy (non-hydrogen) atoms. The predicted octanol–water partition coefficient (Wildman–Crippen LogP) is 3.56. The van der Waals surface area contributed by atoms with Crippen molar-refractivity contribution in [1.82, 2.24) is 29.8 Å². The summed E-state index contributed by atoms with van der Waals surface area (Å²) in [5, 5.41) is 18.1. The third-order valence-electron chi connectivity index (χ3n) is 3.22. The smallest absolute Gasteiger partial charge is 0.191 e. The van der Waals surface area contributed by atoms with Crippen LogP contribution in [0.15, 0.2) is 41.9 Å². The van der Waals surface area contributed by atoms with E-state index in [9.17, 15) is 0 Å². The largest absolute Gasteiger partial charge is 0.303 e. The van der Waals surface area contributed by atoms with E-state index >= 15 is 0 Å². The molecule has 0 aliphatic heterocycles. The number of aromatic nitrogens is 6. The highest BCUT2D eigenvalue weighted by Gasteiger charge is 2.18. The summed E-state index contributed by atoms with van der Waals surface area (Å²) < 4.78 is 3.79. The Hall–Kier alpha value is -1.86. The van der Waals surface area contributed by atoms with Gasteiger partial charge in [-0.25, -0.2) is 4.68 Å². The molecule has 6 nitrogen and oxygen atoms in total. The molecule has 2 aromatic heterocycles. The SMILES string of the molecule is CC(C)(C)n1cnnc1SCc1cn(-c2ccc(Cl)cc2)nn1. The summed E-state index contributed by atoms with van der Waals surface area (Å²) in [6.45, 7) is 6.37. The highest BCUT2D eigenvalue weighted by molar-refractivity contribution is 7.98. The normalized spacial score (nSPS) is 11.8. The van der Waals surface area contributed by atoms with Crippen LogP contribution in [-0.4, -0.2) is 29.8 Å². The summed E-state index contributed by atoms with van der Waals surface area (Å²) in [4.78, 5) is 0. The molecule has 0 radical (unpaired) electrons. The van der Waals surface area contributed by atoms with Crippen molar-refractivity contribution in [2.75, 3.05) is 0 Å². The van der Waals surface area contributed by atoms with E-state index in [1.54, 1.807) is 22.8 Å². The predicted molar refractivity (Wildman–Crippen MR) is 90.9 cm³/mol. The van der Waals surface area contributed by atoms with Gasteiger partial charge in [-0.1, -0.05) is 28.6 Å². The molecule has 0 aliphatic rings.